The molecule has 3 heteroatoms. The zero-order chi connectivity index (χ0) is 14.8. The molecule has 0 atom stereocenters. The average molecular weight is 274 g/mol. The molecule has 1 aromatic heterocycles. The van der Waals surface area contributed by atoms with E-state index in [-0.39, 0.29) is 16.4 Å². The third-order valence-electron chi connectivity index (χ3n) is 4.30. The van der Waals surface area contributed by atoms with Gasteiger partial charge in [0.2, 0.25) is 5.88 Å². The third-order valence-corrected chi connectivity index (χ3v) is 4.30. The van der Waals surface area contributed by atoms with Gasteiger partial charge in [-0.25, -0.2) is 4.98 Å². The van der Waals surface area contributed by atoms with Crippen molar-refractivity contribution in [2.45, 2.75) is 83.7 Å². The van der Waals surface area contributed by atoms with Gasteiger partial charge in [-0.2, -0.15) is 4.98 Å². The van der Waals surface area contributed by atoms with Gasteiger partial charge in [0.1, 0.15) is 11.4 Å². The highest BCUT2D eigenvalue weighted by molar-refractivity contribution is 5.39. The van der Waals surface area contributed by atoms with Crippen molar-refractivity contribution in [3.8, 4) is 5.88 Å². The summed E-state index contributed by atoms with van der Waals surface area (Å²) in [5.74, 6) is 1.76. The lowest BCUT2D eigenvalue weighted by Gasteiger charge is -2.32. The Morgan fingerprint density at radius 2 is 1.55 bits per heavy atom. The van der Waals surface area contributed by atoms with E-state index in [0.29, 0.717) is 0 Å². The molecule has 0 saturated heterocycles. The van der Waals surface area contributed by atoms with E-state index in [1.54, 1.807) is 0 Å². The molecule has 2 aliphatic rings. The van der Waals surface area contributed by atoms with E-state index in [9.17, 15) is 0 Å². The van der Waals surface area contributed by atoms with Crippen LogP contribution in [0.15, 0.2) is 0 Å². The average Bonchev–Trinajstić information content (AvgIpc) is 3.04. The van der Waals surface area contributed by atoms with Crippen LogP contribution in [-0.4, -0.2) is 15.6 Å². The standard InChI is InChI=1S/C17H26N2O/c1-15(2,3)12-11-7-8-17(9-10-17)20-13(11)19-14(18-12)16(4,5)6/h7-10H2,1-6H3. The lowest BCUT2D eigenvalue weighted by atomic mass is 9.85. The van der Waals surface area contributed by atoms with Gasteiger partial charge in [0.05, 0.1) is 5.69 Å². The highest BCUT2D eigenvalue weighted by Crippen LogP contribution is 2.49. The van der Waals surface area contributed by atoms with E-state index in [0.717, 1.165) is 24.5 Å². The molecule has 1 aliphatic carbocycles. The summed E-state index contributed by atoms with van der Waals surface area (Å²) in [7, 11) is 0. The Balaban J connectivity index is 2.14. The van der Waals surface area contributed by atoms with Gasteiger partial charge >= 0.3 is 0 Å². The van der Waals surface area contributed by atoms with E-state index in [4.69, 9.17) is 14.7 Å². The van der Waals surface area contributed by atoms with Crippen molar-refractivity contribution in [2.75, 3.05) is 0 Å². The summed E-state index contributed by atoms with van der Waals surface area (Å²) in [5, 5.41) is 0. The smallest absolute Gasteiger partial charge is 0.220 e. The molecule has 1 fully saturated rings. The molecule has 0 radical (unpaired) electrons. The minimum atomic E-state index is -0.0491. The minimum absolute atomic E-state index is 0.0322. The normalized spacial score (nSPS) is 20.5. The first-order chi connectivity index (χ1) is 9.11. The second-order valence-corrected chi connectivity index (χ2v) is 8.46. The van der Waals surface area contributed by atoms with E-state index in [1.807, 2.05) is 0 Å². The first kappa shape index (κ1) is 13.8. The summed E-state index contributed by atoms with van der Waals surface area (Å²) >= 11 is 0. The summed E-state index contributed by atoms with van der Waals surface area (Å²) in [6.45, 7) is 13.2. The van der Waals surface area contributed by atoms with Crippen LogP contribution in [0.2, 0.25) is 0 Å². The molecular formula is C17H26N2O. The molecule has 1 aliphatic heterocycles. The van der Waals surface area contributed by atoms with Crippen LogP contribution in [0, 0.1) is 0 Å². The third kappa shape index (κ3) is 2.32. The topological polar surface area (TPSA) is 35.0 Å². The van der Waals surface area contributed by atoms with Crippen molar-refractivity contribution >= 4 is 0 Å². The van der Waals surface area contributed by atoms with Crippen LogP contribution in [0.4, 0.5) is 0 Å². The van der Waals surface area contributed by atoms with Gasteiger partial charge in [0.15, 0.2) is 0 Å². The zero-order valence-electron chi connectivity index (χ0n) is 13.6. The molecule has 1 saturated carbocycles. The van der Waals surface area contributed by atoms with Crippen molar-refractivity contribution in [3.05, 3.63) is 17.1 Å². The highest BCUT2D eigenvalue weighted by atomic mass is 16.5. The molecule has 0 amide bonds. The van der Waals surface area contributed by atoms with E-state index < -0.39 is 0 Å². The summed E-state index contributed by atoms with van der Waals surface area (Å²) in [6, 6.07) is 0. The van der Waals surface area contributed by atoms with Crippen molar-refractivity contribution < 1.29 is 4.74 Å². The first-order valence-corrected chi connectivity index (χ1v) is 7.72. The van der Waals surface area contributed by atoms with Crippen LogP contribution in [0.3, 0.4) is 0 Å². The van der Waals surface area contributed by atoms with Gasteiger partial charge in [-0.1, -0.05) is 41.5 Å². The predicted molar refractivity (Wildman–Crippen MR) is 80.3 cm³/mol. The maximum absolute atomic E-state index is 6.25. The Labute approximate surface area is 122 Å². The number of ether oxygens (including phenoxy) is 1. The van der Waals surface area contributed by atoms with Crippen molar-refractivity contribution in [3.63, 3.8) is 0 Å². The predicted octanol–water partition coefficient (Wildman–Crippen LogP) is 3.93. The quantitative estimate of drug-likeness (QED) is 0.719. The number of aromatic nitrogens is 2. The summed E-state index contributed by atoms with van der Waals surface area (Å²) in [6.07, 6.45) is 4.56. The van der Waals surface area contributed by atoms with Crippen LogP contribution in [0.25, 0.3) is 0 Å². The van der Waals surface area contributed by atoms with Crippen LogP contribution in [0.5, 0.6) is 5.88 Å². The Morgan fingerprint density at radius 1 is 0.900 bits per heavy atom. The Kier molecular flexibility index (Phi) is 2.74. The number of rotatable bonds is 0. The van der Waals surface area contributed by atoms with Gasteiger partial charge in [0, 0.05) is 16.4 Å². The second-order valence-electron chi connectivity index (χ2n) is 8.46. The fourth-order valence-electron chi connectivity index (χ4n) is 2.83. The monoisotopic (exact) mass is 274 g/mol. The molecular weight excluding hydrogens is 248 g/mol. The number of hydrogen-bond acceptors (Lipinski definition) is 3. The molecule has 3 nitrogen and oxygen atoms in total. The minimum Gasteiger partial charge on any atom is -0.471 e. The molecule has 0 aromatic carbocycles. The highest BCUT2D eigenvalue weighted by Gasteiger charge is 2.49. The second kappa shape index (κ2) is 3.96. The molecule has 20 heavy (non-hydrogen) atoms. The number of nitrogens with zero attached hydrogens (tertiary/aromatic N) is 2. The molecule has 0 unspecified atom stereocenters. The molecule has 2 heterocycles. The van der Waals surface area contributed by atoms with E-state index in [2.05, 4.69) is 41.5 Å². The SMILES string of the molecule is CC(C)(C)c1nc2c(c(C(C)(C)C)n1)CCC1(CC1)O2. The fraction of sp³-hybridized carbons (Fsp3) is 0.765. The first-order valence-electron chi connectivity index (χ1n) is 7.72. The Morgan fingerprint density at radius 3 is 2.05 bits per heavy atom. The molecule has 1 spiro atoms. The van der Waals surface area contributed by atoms with Crippen LogP contribution in [0.1, 0.15) is 77.9 Å². The van der Waals surface area contributed by atoms with Gasteiger partial charge in [-0.15, -0.1) is 0 Å². The fourth-order valence-corrected chi connectivity index (χ4v) is 2.83. The summed E-state index contributed by atoms with van der Waals surface area (Å²) in [4.78, 5) is 9.67. The van der Waals surface area contributed by atoms with Gasteiger partial charge < -0.3 is 4.74 Å². The number of fused-ring (bicyclic) bond motifs is 1. The molecule has 1 aromatic rings. The largest absolute Gasteiger partial charge is 0.471 e. The van der Waals surface area contributed by atoms with Crippen LogP contribution in [-0.2, 0) is 17.3 Å². The van der Waals surface area contributed by atoms with Gasteiger partial charge in [-0.05, 0) is 25.7 Å². The van der Waals surface area contributed by atoms with Crippen LogP contribution >= 0.6 is 0 Å². The van der Waals surface area contributed by atoms with Crippen molar-refractivity contribution in [1.82, 2.24) is 9.97 Å². The molecule has 0 N–H and O–H groups in total. The van der Waals surface area contributed by atoms with Crippen molar-refractivity contribution in [1.29, 1.82) is 0 Å². The molecule has 0 bridgehead atoms. The van der Waals surface area contributed by atoms with Crippen molar-refractivity contribution in [2.24, 2.45) is 0 Å². The van der Waals surface area contributed by atoms with Crippen LogP contribution < -0.4 is 4.74 Å². The van der Waals surface area contributed by atoms with Gasteiger partial charge in [-0.3, -0.25) is 0 Å². The molecule has 110 valence electrons. The summed E-state index contributed by atoms with van der Waals surface area (Å²) < 4.78 is 6.25. The molecule has 3 rings (SSSR count). The Hall–Kier alpha value is -1.12. The van der Waals surface area contributed by atoms with Gasteiger partial charge in [0.25, 0.3) is 0 Å². The lowest BCUT2D eigenvalue weighted by Crippen LogP contribution is -2.31. The van der Waals surface area contributed by atoms with E-state index >= 15 is 0 Å². The zero-order valence-corrected chi connectivity index (χ0v) is 13.6. The lowest BCUT2D eigenvalue weighted by molar-refractivity contribution is 0.139. The Bertz CT molecular complexity index is 545. The maximum atomic E-state index is 6.25. The number of hydrogen-bond donors (Lipinski definition) is 0. The maximum Gasteiger partial charge on any atom is 0.220 e. The van der Waals surface area contributed by atoms with E-state index in [1.165, 1.54) is 24.1 Å². The summed E-state index contributed by atoms with van der Waals surface area (Å²) in [5.41, 5.74) is 2.51.